The van der Waals surface area contributed by atoms with E-state index in [1.807, 2.05) is 0 Å². The van der Waals surface area contributed by atoms with Gasteiger partial charge in [-0.3, -0.25) is 9.59 Å². The van der Waals surface area contributed by atoms with Crippen LogP contribution in [0.25, 0.3) is 0 Å². The predicted octanol–water partition coefficient (Wildman–Crippen LogP) is 3.80. The summed E-state index contributed by atoms with van der Waals surface area (Å²) in [6, 6.07) is 7.15. The largest absolute Gasteiger partial charge is 0.478 e. The Kier molecular flexibility index (Phi) is 5.03. The van der Waals surface area contributed by atoms with Crippen molar-refractivity contribution in [3.05, 3.63) is 58.6 Å². The smallest absolute Gasteiger partial charge is 0.417 e. The van der Waals surface area contributed by atoms with Crippen molar-refractivity contribution < 1.29 is 32.7 Å². The zero-order valence-electron chi connectivity index (χ0n) is 14.0. The number of halogens is 4. The molecule has 6 nitrogen and oxygen atoms in total. The lowest BCUT2D eigenvalue weighted by Crippen LogP contribution is -2.34. The van der Waals surface area contributed by atoms with Crippen molar-refractivity contribution in [2.45, 2.75) is 18.6 Å². The van der Waals surface area contributed by atoms with E-state index >= 15 is 0 Å². The van der Waals surface area contributed by atoms with Gasteiger partial charge >= 0.3 is 12.1 Å². The lowest BCUT2D eigenvalue weighted by Gasteiger charge is -2.17. The Balaban J connectivity index is 1.81. The van der Waals surface area contributed by atoms with E-state index in [9.17, 15) is 27.6 Å². The maximum atomic E-state index is 13.0. The van der Waals surface area contributed by atoms with Crippen molar-refractivity contribution in [1.29, 1.82) is 0 Å². The first-order chi connectivity index (χ1) is 13.1. The molecule has 1 heterocycles. The molecule has 2 N–H and O–H groups in total. The standard InChI is InChI=1S/C18H12ClF3N2O4/c19-13-6-3-10(7-12(13)18(20,21)22)23-14-8-15(25)24(16(14)26)11-4-1-9(2-5-11)17(27)28/h1-7,14,23H,8H2,(H,27,28). The zero-order valence-corrected chi connectivity index (χ0v) is 14.7. The van der Waals surface area contributed by atoms with Crippen LogP contribution in [-0.2, 0) is 15.8 Å². The normalized spacial score (nSPS) is 17.1. The van der Waals surface area contributed by atoms with Gasteiger partial charge in [0.1, 0.15) is 6.04 Å². The molecule has 2 aromatic carbocycles. The molecule has 0 aromatic heterocycles. The number of carbonyl (C=O) groups excluding carboxylic acids is 2. The molecule has 1 aliphatic rings. The van der Waals surface area contributed by atoms with Crippen LogP contribution >= 0.6 is 11.6 Å². The molecular formula is C18H12ClF3N2O4. The molecule has 2 amide bonds. The van der Waals surface area contributed by atoms with Crippen LogP contribution < -0.4 is 10.2 Å². The highest BCUT2D eigenvalue weighted by atomic mass is 35.5. The van der Waals surface area contributed by atoms with Crippen molar-refractivity contribution in [3.8, 4) is 0 Å². The molecule has 10 heteroatoms. The van der Waals surface area contributed by atoms with E-state index in [0.29, 0.717) is 0 Å². The summed E-state index contributed by atoms with van der Waals surface area (Å²) in [4.78, 5) is 36.6. The summed E-state index contributed by atoms with van der Waals surface area (Å²) in [6.07, 6.45) is -4.92. The number of nitrogens with one attached hydrogen (secondary N) is 1. The molecule has 1 fully saturated rings. The Morgan fingerprint density at radius 3 is 2.36 bits per heavy atom. The van der Waals surface area contributed by atoms with Crippen LogP contribution in [-0.4, -0.2) is 28.9 Å². The second-order valence-corrected chi connectivity index (χ2v) is 6.42. The average Bonchev–Trinajstić information content (AvgIpc) is 2.89. The average molecular weight is 413 g/mol. The van der Waals surface area contributed by atoms with E-state index in [4.69, 9.17) is 16.7 Å². The van der Waals surface area contributed by atoms with Gasteiger partial charge in [0.25, 0.3) is 5.91 Å². The fourth-order valence-electron chi connectivity index (χ4n) is 2.80. The number of hydrogen-bond donors (Lipinski definition) is 2. The number of carbonyl (C=O) groups is 3. The van der Waals surface area contributed by atoms with Crippen LogP contribution in [0.1, 0.15) is 22.3 Å². The zero-order chi connectivity index (χ0) is 20.6. The summed E-state index contributed by atoms with van der Waals surface area (Å²) >= 11 is 5.57. The van der Waals surface area contributed by atoms with Crippen LogP contribution in [0.2, 0.25) is 5.02 Å². The molecule has 0 aliphatic carbocycles. The highest BCUT2D eigenvalue weighted by molar-refractivity contribution is 6.31. The highest BCUT2D eigenvalue weighted by Crippen LogP contribution is 2.36. The third-order valence-corrected chi connectivity index (χ3v) is 4.46. The minimum atomic E-state index is -4.66. The third kappa shape index (κ3) is 3.79. The van der Waals surface area contributed by atoms with Crippen LogP contribution in [0, 0.1) is 0 Å². The molecule has 0 saturated carbocycles. The topological polar surface area (TPSA) is 86.7 Å². The van der Waals surface area contributed by atoms with Crippen LogP contribution in [0.5, 0.6) is 0 Å². The fourth-order valence-corrected chi connectivity index (χ4v) is 3.03. The third-order valence-electron chi connectivity index (χ3n) is 4.13. The van der Waals surface area contributed by atoms with Gasteiger partial charge in [-0.25, -0.2) is 9.69 Å². The van der Waals surface area contributed by atoms with Gasteiger partial charge in [0.2, 0.25) is 5.91 Å². The number of benzene rings is 2. The minimum absolute atomic E-state index is 0.00838. The molecule has 2 aromatic rings. The fraction of sp³-hybridized carbons (Fsp3) is 0.167. The number of nitrogens with zero attached hydrogens (tertiary/aromatic N) is 1. The van der Waals surface area contributed by atoms with E-state index in [0.717, 1.165) is 17.0 Å². The van der Waals surface area contributed by atoms with Gasteiger partial charge in [0.05, 0.1) is 28.3 Å². The second kappa shape index (κ2) is 7.16. The SMILES string of the molecule is O=C(O)c1ccc(N2C(=O)CC(Nc3ccc(Cl)c(C(F)(F)F)c3)C2=O)cc1. The number of imide groups is 1. The first-order valence-electron chi connectivity index (χ1n) is 7.91. The summed E-state index contributed by atoms with van der Waals surface area (Å²) in [5.41, 5.74) is -0.905. The molecule has 1 saturated heterocycles. The molecule has 1 aliphatic heterocycles. The molecule has 1 atom stereocenters. The van der Waals surface area contributed by atoms with Crippen LogP contribution in [0.4, 0.5) is 24.5 Å². The minimum Gasteiger partial charge on any atom is -0.478 e. The molecule has 1 unspecified atom stereocenters. The van der Waals surface area contributed by atoms with Crippen molar-refractivity contribution in [3.63, 3.8) is 0 Å². The number of carboxylic acids is 1. The number of rotatable bonds is 4. The van der Waals surface area contributed by atoms with E-state index in [-0.39, 0.29) is 23.4 Å². The van der Waals surface area contributed by atoms with Crippen molar-refractivity contribution >= 4 is 40.8 Å². The Morgan fingerprint density at radius 1 is 1.14 bits per heavy atom. The number of aromatic carboxylic acids is 1. The lowest BCUT2D eigenvalue weighted by molar-refractivity contribution is -0.137. The quantitative estimate of drug-likeness (QED) is 0.746. The molecule has 146 valence electrons. The predicted molar refractivity (Wildman–Crippen MR) is 94.4 cm³/mol. The molecular weight excluding hydrogens is 401 g/mol. The Bertz CT molecular complexity index is 960. The second-order valence-electron chi connectivity index (χ2n) is 6.01. The van der Waals surface area contributed by atoms with Gasteiger partial charge in [-0.15, -0.1) is 0 Å². The van der Waals surface area contributed by atoms with E-state index < -0.39 is 40.6 Å². The van der Waals surface area contributed by atoms with Gasteiger partial charge in [-0.1, -0.05) is 11.6 Å². The highest BCUT2D eigenvalue weighted by Gasteiger charge is 2.40. The summed E-state index contributed by atoms with van der Waals surface area (Å²) in [5.74, 6) is -2.37. The molecule has 3 rings (SSSR count). The van der Waals surface area contributed by atoms with E-state index in [1.165, 1.54) is 30.3 Å². The number of alkyl halides is 3. The number of anilines is 2. The number of hydrogen-bond acceptors (Lipinski definition) is 4. The first kappa shape index (κ1) is 19.7. The van der Waals surface area contributed by atoms with Gasteiger partial charge in [0.15, 0.2) is 0 Å². The van der Waals surface area contributed by atoms with E-state index in [1.54, 1.807) is 0 Å². The maximum absolute atomic E-state index is 13.0. The summed E-state index contributed by atoms with van der Waals surface area (Å²) in [6.45, 7) is 0. The molecule has 0 spiro atoms. The van der Waals surface area contributed by atoms with Crippen LogP contribution in [0.15, 0.2) is 42.5 Å². The summed E-state index contributed by atoms with van der Waals surface area (Å²) in [7, 11) is 0. The molecule has 28 heavy (non-hydrogen) atoms. The number of amides is 2. The van der Waals surface area contributed by atoms with Gasteiger partial charge < -0.3 is 10.4 Å². The summed E-state index contributed by atoms with van der Waals surface area (Å²) in [5, 5.41) is 11.0. The molecule has 0 radical (unpaired) electrons. The Labute approximate surface area is 161 Å². The molecule has 0 bridgehead atoms. The monoisotopic (exact) mass is 412 g/mol. The van der Waals surface area contributed by atoms with Crippen molar-refractivity contribution in [1.82, 2.24) is 0 Å². The van der Waals surface area contributed by atoms with Crippen molar-refractivity contribution in [2.24, 2.45) is 0 Å². The van der Waals surface area contributed by atoms with Gasteiger partial charge in [-0.05, 0) is 42.5 Å². The summed E-state index contributed by atoms with van der Waals surface area (Å²) < 4.78 is 38.9. The van der Waals surface area contributed by atoms with Gasteiger partial charge in [-0.2, -0.15) is 13.2 Å². The van der Waals surface area contributed by atoms with Gasteiger partial charge in [0, 0.05) is 5.69 Å². The van der Waals surface area contributed by atoms with E-state index in [2.05, 4.69) is 5.32 Å². The maximum Gasteiger partial charge on any atom is 0.417 e. The Morgan fingerprint density at radius 2 is 1.79 bits per heavy atom. The van der Waals surface area contributed by atoms with Crippen molar-refractivity contribution in [2.75, 3.05) is 10.2 Å². The number of carboxylic acid groups (broad SMARTS) is 1. The lowest BCUT2D eigenvalue weighted by atomic mass is 10.1. The first-order valence-corrected chi connectivity index (χ1v) is 8.29. The van der Waals surface area contributed by atoms with Crippen LogP contribution in [0.3, 0.4) is 0 Å². The Hall–Kier alpha value is -3.07.